The van der Waals surface area contributed by atoms with E-state index in [1.807, 2.05) is 4.90 Å². The van der Waals surface area contributed by atoms with Crippen LogP contribution in [0.3, 0.4) is 0 Å². The number of amides is 3. The summed E-state index contributed by atoms with van der Waals surface area (Å²) in [6, 6.07) is 11.7. The first-order valence-corrected chi connectivity index (χ1v) is 11.2. The van der Waals surface area contributed by atoms with Crippen LogP contribution in [0.25, 0.3) is 0 Å². The summed E-state index contributed by atoms with van der Waals surface area (Å²) in [5.41, 5.74) is 6.53. The van der Waals surface area contributed by atoms with E-state index in [4.69, 9.17) is 15.2 Å². The van der Waals surface area contributed by atoms with Gasteiger partial charge in [0.2, 0.25) is 5.91 Å². The van der Waals surface area contributed by atoms with Crippen LogP contribution in [0.4, 0.5) is 5.69 Å². The molecule has 5 N–H and O–H groups in total. The third-order valence-electron chi connectivity index (χ3n) is 5.16. The molecule has 3 amide bonds. The predicted molar refractivity (Wildman–Crippen MR) is 139 cm³/mol. The van der Waals surface area contributed by atoms with Gasteiger partial charge in [0.1, 0.15) is 0 Å². The van der Waals surface area contributed by atoms with Gasteiger partial charge >= 0.3 is 0 Å². The van der Waals surface area contributed by atoms with E-state index in [0.29, 0.717) is 42.4 Å². The number of carbonyl (C=O) groups excluding carboxylic acids is 3. The lowest BCUT2D eigenvalue weighted by Gasteiger charge is -2.38. The summed E-state index contributed by atoms with van der Waals surface area (Å²) in [5, 5.41) is 2.75. The Bertz CT molecular complexity index is 1020. The Hall–Kier alpha value is -2.61. The lowest BCUT2D eigenvalue weighted by atomic mass is 10.1. The van der Waals surface area contributed by atoms with Gasteiger partial charge in [-0.3, -0.25) is 19.3 Å². The van der Waals surface area contributed by atoms with Crippen molar-refractivity contribution in [3.8, 4) is 11.5 Å². The lowest BCUT2D eigenvalue weighted by Crippen LogP contribution is -2.54. The molecule has 1 heterocycles. The molecule has 1 unspecified atom stereocenters. The second-order valence-electron chi connectivity index (χ2n) is 7.18. The molecule has 2 aromatic rings. The maximum Gasteiger partial charge on any atom is 0.254 e. The molecule has 1 aliphatic heterocycles. The molecule has 1 aliphatic rings. The van der Waals surface area contributed by atoms with Gasteiger partial charge < -0.3 is 30.9 Å². The van der Waals surface area contributed by atoms with Gasteiger partial charge in [0.15, 0.2) is 11.5 Å². The molecule has 0 bridgehead atoms. The van der Waals surface area contributed by atoms with E-state index in [1.54, 1.807) is 54.5 Å². The first-order valence-electron chi connectivity index (χ1n) is 9.92. The van der Waals surface area contributed by atoms with E-state index in [-0.39, 0.29) is 45.9 Å². The zero-order valence-electron chi connectivity index (χ0n) is 18.7. The standard InChI is InChI=1S/C22H25IN4O5.ClH.H2O/c1-31-17-8-7-14(11-18(17)32-2)22(30)27-10-9-26(19(23)12-27)13-20(28)25-16-6-4-3-5-15(16)21(24)29;;/h3-8,11,19H,9-10,12-13H2,1-2H3,(H2,24,29)(H,25,28);1H;1H2. The van der Waals surface area contributed by atoms with Crippen LogP contribution in [0, 0.1) is 0 Å². The van der Waals surface area contributed by atoms with Crippen molar-refractivity contribution in [2.75, 3.05) is 45.7 Å². The molecular weight excluding hydrogens is 579 g/mol. The van der Waals surface area contributed by atoms with E-state index in [0.717, 1.165) is 0 Å². The van der Waals surface area contributed by atoms with Crippen molar-refractivity contribution in [1.29, 1.82) is 0 Å². The molecule has 0 radical (unpaired) electrons. The van der Waals surface area contributed by atoms with E-state index < -0.39 is 5.91 Å². The number of piperazine rings is 1. The summed E-state index contributed by atoms with van der Waals surface area (Å²) in [7, 11) is 3.07. The Kier molecular flexibility index (Phi) is 11.5. The number of nitrogens with zero attached hydrogens (tertiary/aromatic N) is 2. The van der Waals surface area contributed by atoms with E-state index >= 15 is 0 Å². The number of nitrogens with one attached hydrogen (secondary N) is 1. The van der Waals surface area contributed by atoms with E-state index in [2.05, 4.69) is 27.9 Å². The highest BCUT2D eigenvalue weighted by molar-refractivity contribution is 14.1. The summed E-state index contributed by atoms with van der Waals surface area (Å²) in [6.45, 7) is 1.63. The molecule has 0 spiro atoms. The van der Waals surface area contributed by atoms with Crippen molar-refractivity contribution in [2.45, 2.75) is 4.05 Å². The van der Waals surface area contributed by atoms with Gasteiger partial charge in [0.25, 0.3) is 11.8 Å². The van der Waals surface area contributed by atoms with Crippen LogP contribution in [0.5, 0.6) is 11.5 Å². The van der Waals surface area contributed by atoms with Crippen LogP contribution in [0.15, 0.2) is 42.5 Å². The maximum absolute atomic E-state index is 13.0. The lowest BCUT2D eigenvalue weighted by molar-refractivity contribution is -0.117. The van der Waals surface area contributed by atoms with Gasteiger partial charge in [-0.25, -0.2) is 0 Å². The number of methoxy groups -OCH3 is 2. The Balaban J connectivity index is 0.00000289. The average Bonchev–Trinajstić information content (AvgIpc) is 2.79. The minimum absolute atomic E-state index is 0. The Morgan fingerprint density at radius 3 is 2.38 bits per heavy atom. The number of alkyl halides is 1. The molecule has 34 heavy (non-hydrogen) atoms. The fourth-order valence-corrected chi connectivity index (χ4v) is 4.42. The van der Waals surface area contributed by atoms with E-state index in [1.165, 1.54) is 7.11 Å². The van der Waals surface area contributed by atoms with Crippen LogP contribution < -0.4 is 20.5 Å². The highest BCUT2D eigenvalue weighted by Crippen LogP contribution is 2.28. The Morgan fingerprint density at radius 1 is 1.09 bits per heavy atom. The largest absolute Gasteiger partial charge is 0.493 e. The van der Waals surface area contributed by atoms with Crippen molar-refractivity contribution in [3.63, 3.8) is 0 Å². The van der Waals surface area contributed by atoms with Crippen LogP contribution in [0.1, 0.15) is 20.7 Å². The SMILES string of the molecule is COc1ccc(C(=O)N2CCN(CC(=O)Nc3ccccc3C(N)=O)C(I)C2)cc1OC.Cl.O. The van der Waals surface area contributed by atoms with Crippen molar-refractivity contribution in [2.24, 2.45) is 5.73 Å². The summed E-state index contributed by atoms with van der Waals surface area (Å²) in [6.07, 6.45) is 0. The third-order valence-corrected chi connectivity index (χ3v) is 6.34. The number of rotatable bonds is 7. The van der Waals surface area contributed by atoms with Crippen LogP contribution in [-0.4, -0.2) is 77.4 Å². The molecule has 12 heteroatoms. The molecule has 1 atom stereocenters. The summed E-state index contributed by atoms with van der Waals surface area (Å²) < 4.78 is 10.5. The number of nitrogens with two attached hydrogens (primary N) is 1. The number of hydrogen-bond acceptors (Lipinski definition) is 6. The van der Waals surface area contributed by atoms with Crippen molar-refractivity contribution in [1.82, 2.24) is 9.80 Å². The number of ether oxygens (including phenoxy) is 2. The number of anilines is 1. The van der Waals surface area contributed by atoms with Crippen molar-refractivity contribution < 1.29 is 29.3 Å². The van der Waals surface area contributed by atoms with Gasteiger partial charge in [0.05, 0.1) is 36.1 Å². The first-order chi connectivity index (χ1) is 15.3. The zero-order chi connectivity index (χ0) is 23.3. The minimum atomic E-state index is -0.602. The molecule has 0 aromatic heterocycles. The third kappa shape index (κ3) is 6.95. The highest BCUT2D eigenvalue weighted by atomic mass is 127. The van der Waals surface area contributed by atoms with Gasteiger partial charge in [-0.05, 0) is 30.3 Å². The number of primary amides is 1. The van der Waals surface area contributed by atoms with Gasteiger partial charge in [0, 0.05) is 25.2 Å². The van der Waals surface area contributed by atoms with Crippen LogP contribution >= 0.6 is 35.0 Å². The van der Waals surface area contributed by atoms with Crippen LogP contribution in [-0.2, 0) is 4.79 Å². The molecule has 2 aromatic carbocycles. The Labute approximate surface area is 217 Å². The fourth-order valence-electron chi connectivity index (χ4n) is 3.47. The average molecular weight is 607 g/mol. The molecule has 3 rings (SSSR count). The quantitative estimate of drug-likeness (QED) is 0.278. The fraction of sp³-hybridized carbons (Fsp3) is 0.318. The number of halogens is 2. The van der Waals surface area contributed by atoms with E-state index in [9.17, 15) is 14.4 Å². The highest BCUT2D eigenvalue weighted by Gasteiger charge is 2.30. The van der Waals surface area contributed by atoms with Crippen molar-refractivity contribution in [3.05, 3.63) is 53.6 Å². The van der Waals surface area contributed by atoms with Gasteiger partial charge in [-0.15, -0.1) is 12.4 Å². The number of hydrogen-bond donors (Lipinski definition) is 2. The monoisotopic (exact) mass is 606 g/mol. The first kappa shape index (κ1) is 29.4. The molecule has 1 saturated heterocycles. The van der Waals surface area contributed by atoms with Crippen molar-refractivity contribution >= 4 is 58.4 Å². The topological polar surface area (TPSA) is 146 Å². The minimum Gasteiger partial charge on any atom is -0.493 e. The summed E-state index contributed by atoms with van der Waals surface area (Å²) >= 11 is 2.23. The van der Waals surface area contributed by atoms with Gasteiger partial charge in [-0.1, -0.05) is 34.7 Å². The maximum atomic E-state index is 13.0. The number of benzene rings is 2. The second-order valence-corrected chi connectivity index (χ2v) is 8.62. The molecule has 1 fully saturated rings. The zero-order valence-corrected chi connectivity index (χ0v) is 21.7. The molecule has 186 valence electrons. The van der Waals surface area contributed by atoms with Crippen LogP contribution in [0.2, 0.25) is 0 Å². The summed E-state index contributed by atoms with van der Waals surface area (Å²) in [5.74, 6) is 0.0996. The van der Waals surface area contributed by atoms with Gasteiger partial charge in [-0.2, -0.15) is 0 Å². The Morgan fingerprint density at radius 2 is 1.76 bits per heavy atom. The number of para-hydroxylation sites is 1. The summed E-state index contributed by atoms with van der Waals surface area (Å²) in [4.78, 5) is 40.8. The normalized spacial score (nSPS) is 15.4. The second kappa shape index (κ2) is 13.3. The molecule has 10 nitrogen and oxygen atoms in total. The molecule has 0 saturated carbocycles. The smallest absolute Gasteiger partial charge is 0.254 e. The predicted octanol–water partition coefficient (Wildman–Crippen LogP) is 1.56. The number of carbonyl (C=O) groups is 3. The molecular formula is C22H28ClIN4O6. The molecule has 0 aliphatic carbocycles.